The van der Waals surface area contributed by atoms with Crippen molar-refractivity contribution in [3.8, 4) is 22.5 Å². The second-order valence-corrected chi connectivity index (χ2v) is 7.90. The highest BCUT2D eigenvalue weighted by atomic mass is 19.1. The van der Waals surface area contributed by atoms with Crippen LogP contribution in [-0.4, -0.2) is 47.3 Å². The van der Waals surface area contributed by atoms with Gasteiger partial charge < -0.3 is 25.3 Å². The van der Waals surface area contributed by atoms with Crippen LogP contribution in [0.15, 0.2) is 67.0 Å². The molecule has 8 nitrogen and oxygen atoms in total. The van der Waals surface area contributed by atoms with Crippen LogP contribution in [0, 0.1) is 11.6 Å². The lowest BCUT2D eigenvalue weighted by molar-refractivity contribution is 0.122. The number of anilines is 3. The number of urea groups is 1. The summed E-state index contributed by atoms with van der Waals surface area (Å²) < 4.78 is 33.2. The van der Waals surface area contributed by atoms with Crippen LogP contribution in [0.2, 0.25) is 0 Å². The smallest absolute Gasteiger partial charge is 0.323 e. The van der Waals surface area contributed by atoms with Crippen LogP contribution < -0.4 is 15.5 Å². The molecule has 3 heterocycles. The highest BCUT2D eigenvalue weighted by Gasteiger charge is 2.21. The number of ether oxygens (including phenoxy) is 1. The molecular weight excluding hydrogens is 454 g/mol. The van der Waals surface area contributed by atoms with Gasteiger partial charge in [-0.2, -0.15) is 0 Å². The number of hydrogen-bond acceptors (Lipinski definition) is 5. The van der Waals surface area contributed by atoms with E-state index in [4.69, 9.17) is 9.72 Å². The number of morpholine rings is 1. The Balaban J connectivity index is 1.46. The van der Waals surface area contributed by atoms with E-state index in [2.05, 4.69) is 25.5 Å². The van der Waals surface area contributed by atoms with Gasteiger partial charge in [0.05, 0.1) is 30.3 Å². The summed E-state index contributed by atoms with van der Waals surface area (Å²) in [5.41, 5.74) is 3.21. The number of aromatic nitrogens is 3. The van der Waals surface area contributed by atoms with E-state index >= 15 is 0 Å². The zero-order valence-corrected chi connectivity index (χ0v) is 18.6. The Kier molecular flexibility index (Phi) is 6.36. The Labute approximate surface area is 200 Å². The van der Waals surface area contributed by atoms with Crippen molar-refractivity contribution in [1.82, 2.24) is 15.0 Å². The summed E-state index contributed by atoms with van der Waals surface area (Å²) in [6.45, 7) is 2.61. The summed E-state index contributed by atoms with van der Waals surface area (Å²) in [5.74, 6) is -0.337. The molecule has 2 amide bonds. The molecule has 10 heteroatoms. The molecule has 1 aliphatic rings. The first-order valence-electron chi connectivity index (χ1n) is 11.0. The molecule has 0 spiro atoms. The molecule has 2 aromatic heterocycles. The monoisotopic (exact) mass is 476 g/mol. The van der Waals surface area contributed by atoms with Gasteiger partial charge in [0, 0.05) is 42.3 Å². The summed E-state index contributed by atoms with van der Waals surface area (Å²) >= 11 is 0. The molecule has 178 valence electrons. The molecule has 0 bridgehead atoms. The number of halogens is 2. The molecule has 1 saturated heterocycles. The summed E-state index contributed by atoms with van der Waals surface area (Å²) in [6, 6.07) is 12.8. The maximum absolute atomic E-state index is 14.6. The summed E-state index contributed by atoms with van der Waals surface area (Å²) in [6.07, 6.45) is 3.37. The van der Waals surface area contributed by atoms with E-state index < -0.39 is 17.7 Å². The predicted octanol–water partition coefficient (Wildman–Crippen LogP) is 4.90. The van der Waals surface area contributed by atoms with Crippen molar-refractivity contribution in [3.05, 3.63) is 78.6 Å². The number of carbonyl (C=O) groups is 1. The zero-order valence-electron chi connectivity index (χ0n) is 18.6. The molecule has 1 fully saturated rings. The van der Waals surface area contributed by atoms with Crippen LogP contribution in [-0.2, 0) is 4.74 Å². The van der Waals surface area contributed by atoms with Gasteiger partial charge >= 0.3 is 6.03 Å². The molecule has 0 aliphatic carbocycles. The number of hydrogen-bond donors (Lipinski definition) is 3. The maximum Gasteiger partial charge on any atom is 0.323 e. The van der Waals surface area contributed by atoms with Gasteiger partial charge in [-0.25, -0.2) is 18.6 Å². The van der Waals surface area contributed by atoms with Crippen LogP contribution >= 0.6 is 0 Å². The molecule has 4 aromatic rings. The Morgan fingerprint density at radius 1 is 0.943 bits per heavy atom. The number of benzene rings is 2. The van der Waals surface area contributed by atoms with Gasteiger partial charge in [0.1, 0.15) is 11.6 Å². The first kappa shape index (κ1) is 22.5. The van der Waals surface area contributed by atoms with Crippen molar-refractivity contribution in [2.75, 3.05) is 41.8 Å². The highest BCUT2D eigenvalue weighted by molar-refractivity contribution is 6.00. The molecule has 35 heavy (non-hydrogen) atoms. The highest BCUT2D eigenvalue weighted by Crippen LogP contribution is 2.34. The fraction of sp³-hybridized carbons (Fsp3) is 0.160. The van der Waals surface area contributed by atoms with Crippen molar-refractivity contribution in [2.45, 2.75) is 0 Å². The number of imidazole rings is 1. The van der Waals surface area contributed by atoms with Gasteiger partial charge in [0.2, 0.25) is 5.95 Å². The summed E-state index contributed by atoms with van der Waals surface area (Å²) in [5, 5.41) is 5.08. The quantitative estimate of drug-likeness (QED) is 0.381. The average molecular weight is 476 g/mol. The van der Waals surface area contributed by atoms with Gasteiger partial charge in [0.25, 0.3) is 0 Å². The van der Waals surface area contributed by atoms with Crippen molar-refractivity contribution in [2.24, 2.45) is 0 Å². The third kappa shape index (κ3) is 5.12. The fourth-order valence-electron chi connectivity index (χ4n) is 3.81. The second kappa shape index (κ2) is 9.90. The van der Waals surface area contributed by atoms with Crippen molar-refractivity contribution in [3.63, 3.8) is 0 Å². The number of amides is 2. The summed E-state index contributed by atoms with van der Waals surface area (Å²) in [7, 11) is 0. The lowest BCUT2D eigenvalue weighted by Gasteiger charge is -2.26. The van der Waals surface area contributed by atoms with E-state index in [0.29, 0.717) is 49.2 Å². The Morgan fingerprint density at radius 2 is 1.69 bits per heavy atom. The Morgan fingerprint density at radius 3 is 2.43 bits per heavy atom. The molecule has 1 aliphatic heterocycles. The van der Waals surface area contributed by atoms with Crippen molar-refractivity contribution >= 4 is 23.4 Å². The standard InChI is InChI=1S/C25H22F2N6O2/c26-18-2-4-19(5-3-18)29-25(34)30-21-15-17(1-6-20(21)27)23-22(16-7-9-28-10-8-16)31-24(32-23)33-11-13-35-14-12-33/h1-10,15H,11-14H2,(H,31,32)(H2,29,30,34). The van der Waals surface area contributed by atoms with Gasteiger partial charge in [-0.15, -0.1) is 0 Å². The number of carbonyl (C=O) groups excluding carboxylic acids is 1. The van der Waals surface area contributed by atoms with Gasteiger partial charge in [-0.1, -0.05) is 0 Å². The fourth-order valence-corrected chi connectivity index (χ4v) is 3.81. The normalized spacial score (nSPS) is 13.5. The number of H-pyrrole nitrogens is 1. The molecule has 2 aromatic carbocycles. The molecule has 3 N–H and O–H groups in total. The second-order valence-electron chi connectivity index (χ2n) is 7.90. The number of rotatable bonds is 5. The molecule has 0 unspecified atom stereocenters. The van der Waals surface area contributed by atoms with E-state index in [9.17, 15) is 13.6 Å². The maximum atomic E-state index is 14.6. The largest absolute Gasteiger partial charge is 0.378 e. The van der Waals surface area contributed by atoms with E-state index in [1.807, 2.05) is 12.1 Å². The molecule has 0 saturated carbocycles. The van der Waals surface area contributed by atoms with Gasteiger partial charge in [0.15, 0.2) is 0 Å². The van der Waals surface area contributed by atoms with Gasteiger partial charge in [-0.05, 0) is 54.6 Å². The number of nitrogens with one attached hydrogen (secondary N) is 3. The first-order chi connectivity index (χ1) is 17.1. The van der Waals surface area contributed by atoms with Crippen LogP contribution in [0.3, 0.4) is 0 Å². The third-order valence-corrected chi connectivity index (χ3v) is 5.56. The predicted molar refractivity (Wildman–Crippen MR) is 129 cm³/mol. The molecule has 0 atom stereocenters. The van der Waals surface area contributed by atoms with Crippen molar-refractivity contribution in [1.29, 1.82) is 0 Å². The minimum absolute atomic E-state index is 0.0151. The Bertz CT molecular complexity index is 1320. The van der Waals surface area contributed by atoms with Crippen molar-refractivity contribution < 1.29 is 18.3 Å². The van der Waals surface area contributed by atoms with E-state index in [0.717, 1.165) is 11.3 Å². The number of aromatic amines is 1. The first-order valence-corrected chi connectivity index (χ1v) is 11.0. The topological polar surface area (TPSA) is 95.2 Å². The summed E-state index contributed by atoms with van der Waals surface area (Å²) in [4.78, 5) is 26.8. The molecule has 5 rings (SSSR count). The number of nitrogens with zero attached hydrogens (tertiary/aromatic N) is 3. The third-order valence-electron chi connectivity index (χ3n) is 5.56. The molecular formula is C25H22F2N6O2. The van der Waals surface area contributed by atoms with E-state index in [1.165, 1.54) is 36.4 Å². The van der Waals surface area contributed by atoms with Gasteiger partial charge in [-0.3, -0.25) is 4.98 Å². The SMILES string of the molecule is O=C(Nc1ccc(F)cc1)Nc1cc(-c2nc(N3CCOCC3)[nH]c2-c2ccncc2)ccc1F. The lowest BCUT2D eigenvalue weighted by atomic mass is 10.1. The Hall–Kier alpha value is -4.31. The van der Waals surface area contributed by atoms with Crippen LogP contribution in [0.4, 0.5) is 30.9 Å². The van der Waals surface area contributed by atoms with E-state index in [1.54, 1.807) is 18.5 Å². The van der Waals surface area contributed by atoms with Crippen LogP contribution in [0.1, 0.15) is 0 Å². The zero-order chi connectivity index (χ0) is 24.2. The molecule has 0 radical (unpaired) electrons. The van der Waals surface area contributed by atoms with E-state index in [-0.39, 0.29) is 5.69 Å². The minimum Gasteiger partial charge on any atom is -0.378 e. The van der Waals surface area contributed by atoms with Crippen LogP contribution in [0.5, 0.6) is 0 Å². The average Bonchev–Trinajstić information content (AvgIpc) is 3.33. The minimum atomic E-state index is -0.655. The van der Waals surface area contributed by atoms with Crippen LogP contribution in [0.25, 0.3) is 22.5 Å². The number of pyridine rings is 1. The lowest BCUT2D eigenvalue weighted by Crippen LogP contribution is -2.36.